The molecule has 8 heteroatoms. The number of para-hydroxylation sites is 1. The molecule has 0 aliphatic carbocycles. The van der Waals surface area contributed by atoms with Crippen LogP contribution < -0.4 is 16.0 Å². The molecule has 3 N–H and O–H groups in total. The molecule has 0 amide bonds. The number of pyridine rings is 1. The van der Waals surface area contributed by atoms with E-state index in [-0.39, 0.29) is 10.6 Å². The highest BCUT2D eigenvalue weighted by Crippen LogP contribution is 2.35. The average Bonchev–Trinajstić information content (AvgIpc) is 3.34. The van der Waals surface area contributed by atoms with E-state index in [9.17, 15) is 9.59 Å². The third kappa shape index (κ3) is 3.23. The van der Waals surface area contributed by atoms with Crippen LogP contribution in [0.4, 0.5) is 5.69 Å². The van der Waals surface area contributed by atoms with Gasteiger partial charge >= 0.3 is 11.3 Å². The largest absolute Gasteiger partial charge is 0.439 e. The first kappa shape index (κ1) is 19.0. The van der Waals surface area contributed by atoms with Gasteiger partial charge in [-0.25, -0.2) is 9.78 Å². The number of aromatic amines is 1. The van der Waals surface area contributed by atoms with E-state index >= 15 is 0 Å². The molecule has 7 nitrogen and oxygen atoms in total. The Morgan fingerprint density at radius 3 is 2.55 bits per heavy atom. The minimum absolute atomic E-state index is 0.150. The minimum atomic E-state index is -0.765. The van der Waals surface area contributed by atoms with Gasteiger partial charge in [-0.3, -0.25) is 9.32 Å². The Morgan fingerprint density at radius 1 is 1.06 bits per heavy atom. The van der Waals surface area contributed by atoms with Gasteiger partial charge in [0.05, 0.1) is 11.4 Å². The van der Waals surface area contributed by atoms with E-state index in [0.717, 1.165) is 28.2 Å². The maximum absolute atomic E-state index is 13.3. The number of nitrogen functional groups attached to an aromatic ring is 1. The van der Waals surface area contributed by atoms with E-state index in [1.54, 1.807) is 24.3 Å². The number of benzene rings is 2. The molecule has 0 aliphatic heterocycles. The number of hydrogen-bond donors (Lipinski definition) is 2. The molecule has 0 aliphatic rings. The van der Waals surface area contributed by atoms with Gasteiger partial charge in [-0.1, -0.05) is 48.0 Å². The molecule has 0 spiro atoms. The second kappa shape index (κ2) is 7.33. The summed E-state index contributed by atoms with van der Waals surface area (Å²) in [6.07, 6.45) is 0. The lowest BCUT2D eigenvalue weighted by atomic mass is 10.1. The first-order valence-corrected chi connectivity index (χ1v) is 10.3. The molecule has 152 valence electrons. The third-order valence-electron chi connectivity index (χ3n) is 5.02. The molecule has 5 aromatic rings. The molecule has 0 saturated heterocycles. The number of aromatic nitrogens is 3. The Bertz CT molecular complexity index is 1480. The Morgan fingerprint density at radius 2 is 1.81 bits per heavy atom. The summed E-state index contributed by atoms with van der Waals surface area (Å²) in [6, 6.07) is 20.7. The van der Waals surface area contributed by atoms with Crippen LogP contribution in [-0.4, -0.2) is 16.0 Å². The first-order valence-electron chi connectivity index (χ1n) is 9.52. The van der Waals surface area contributed by atoms with Crippen molar-refractivity contribution >= 4 is 33.0 Å². The number of nitrogens with one attached hydrogen (secondary N) is 1. The van der Waals surface area contributed by atoms with E-state index in [4.69, 9.17) is 15.2 Å². The monoisotopic (exact) mass is 429 g/mol. The van der Waals surface area contributed by atoms with Gasteiger partial charge < -0.3 is 5.73 Å². The van der Waals surface area contributed by atoms with Gasteiger partial charge in [0.2, 0.25) is 5.69 Å². The summed E-state index contributed by atoms with van der Waals surface area (Å²) in [5.41, 5.74) is 9.19. The molecule has 0 fully saturated rings. The third-order valence-corrected chi connectivity index (χ3v) is 6.14. The predicted molar refractivity (Wildman–Crippen MR) is 118 cm³/mol. The fourth-order valence-corrected chi connectivity index (χ4v) is 4.42. The van der Waals surface area contributed by atoms with Crippen molar-refractivity contribution < 1.29 is 14.0 Å². The van der Waals surface area contributed by atoms with Crippen LogP contribution >= 0.6 is 11.3 Å². The number of thiophene rings is 1. The lowest BCUT2D eigenvalue weighted by molar-refractivity contribution is -0.672. The van der Waals surface area contributed by atoms with Gasteiger partial charge in [-0.15, -0.1) is 11.3 Å². The minimum Gasteiger partial charge on any atom is -0.397 e. The van der Waals surface area contributed by atoms with Crippen molar-refractivity contribution in [3.63, 3.8) is 0 Å². The van der Waals surface area contributed by atoms with Crippen LogP contribution in [0, 0.1) is 6.92 Å². The van der Waals surface area contributed by atoms with Crippen molar-refractivity contribution in [2.45, 2.75) is 6.92 Å². The van der Waals surface area contributed by atoms with E-state index < -0.39 is 11.4 Å². The number of fused-ring (bicyclic) bond motifs is 1. The molecule has 0 unspecified atom stereocenters. The summed E-state index contributed by atoms with van der Waals surface area (Å²) in [5.74, 6) is -0.517. The summed E-state index contributed by atoms with van der Waals surface area (Å²) >= 11 is 1.16. The number of nitrogens with two attached hydrogens (primary N) is 1. The molecule has 0 radical (unpaired) electrons. The van der Waals surface area contributed by atoms with Crippen LogP contribution in [0.2, 0.25) is 0 Å². The number of hydrogen-bond acceptors (Lipinski definition) is 6. The topological polar surface area (TPSA) is 106 Å². The van der Waals surface area contributed by atoms with Crippen molar-refractivity contribution in [2.24, 2.45) is 0 Å². The van der Waals surface area contributed by atoms with Crippen molar-refractivity contribution in [1.82, 2.24) is 10.3 Å². The number of rotatable bonds is 4. The average molecular weight is 429 g/mol. The van der Waals surface area contributed by atoms with Gasteiger partial charge in [0.15, 0.2) is 0 Å². The Hall–Kier alpha value is -4.04. The number of nitrogens with zero attached hydrogens (tertiary/aromatic N) is 2. The summed E-state index contributed by atoms with van der Waals surface area (Å²) < 4.78 is 6.22. The maximum atomic E-state index is 13.3. The van der Waals surface area contributed by atoms with Gasteiger partial charge in [-0.05, 0) is 29.0 Å². The summed E-state index contributed by atoms with van der Waals surface area (Å²) in [5, 5.41) is 3.16. The fourth-order valence-electron chi connectivity index (χ4n) is 3.38. The van der Waals surface area contributed by atoms with Crippen LogP contribution in [0.25, 0.3) is 27.2 Å². The summed E-state index contributed by atoms with van der Waals surface area (Å²) in [6.45, 7) is 2.03. The van der Waals surface area contributed by atoms with Crippen LogP contribution in [0.3, 0.4) is 0 Å². The molecule has 3 heterocycles. The molecule has 2 aromatic carbocycles. The Balaban J connectivity index is 1.61. The van der Waals surface area contributed by atoms with Crippen molar-refractivity contribution in [1.29, 1.82) is 0 Å². The highest BCUT2D eigenvalue weighted by Gasteiger charge is 2.34. The fraction of sp³-hybridized carbons (Fsp3) is 0.0435. The SMILES string of the molecule is Cc1ccc(-c2ccc3c(N)c(C(=O)c4c(=O)o[nH][n+]4-c4ccccc4)sc3n2)cc1. The molecular formula is C23H17N4O3S+. The lowest BCUT2D eigenvalue weighted by Crippen LogP contribution is -2.41. The lowest BCUT2D eigenvalue weighted by Gasteiger charge is -2.01. The molecule has 5 rings (SSSR count). The second-order valence-electron chi connectivity index (χ2n) is 7.09. The number of anilines is 1. The van der Waals surface area contributed by atoms with Crippen LogP contribution in [-0.2, 0) is 0 Å². The smallest absolute Gasteiger partial charge is 0.397 e. The molecule has 0 bridgehead atoms. The highest BCUT2D eigenvalue weighted by atomic mass is 32.1. The molecule has 3 aromatic heterocycles. The predicted octanol–water partition coefficient (Wildman–Crippen LogP) is 3.64. The number of carbonyl (C=O) groups is 1. The van der Waals surface area contributed by atoms with Crippen molar-refractivity contribution in [3.8, 4) is 16.9 Å². The Kier molecular flexibility index (Phi) is 4.48. The van der Waals surface area contributed by atoms with Gasteiger partial charge in [0.1, 0.15) is 9.71 Å². The zero-order chi connectivity index (χ0) is 21.5. The van der Waals surface area contributed by atoms with E-state index in [1.807, 2.05) is 49.4 Å². The number of H-pyrrole nitrogens is 1. The number of ketones is 1. The molecule has 31 heavy (non-hydrogen) atoms. The molecule has 0 saturated carbocycles. The number of aryl methyl sites for hydroxylation is 1. The van der Waals surface area contributed by atoms with E-state index in [0.29, 0.717) is 21.6 Å². The normalized spacial score (nSPS) is 11.1. The maximum Gasteiger partial charge on any atom is 0.439 e. The zero-order valence-electron chi connectivity index (χ0n) is 16.5. The quantitative estimate of drug-likeness (QED) is 0.335. The Labute approximate surface area is 180 Å². The highest BCUT2D eigenvalue weighted by molar-refractivity contribution is 7.21. The standard InChI is InChI=1S/C23H16N4O3S/c1-13-7-9-14(10-8-13)17-12-11-16-18(24)21(31-22(16)25-17)20(28)19-23(29)30-26-27(19)15-5-3-2-4-6-15/h2-12H,1H3,(H2-,24,26,28,29)/p+1. The van der Waals surface area contributed by atoms with E-state index in [1.165, 1.54) is 4.68 Å². The summed E-state index contributed by atoms with van der Waals surface area (Å²) in [7, 11) is 0. The number of carbonyl (C=O) groups excluding carboxylic acids is 1. The molecular weight excluding hydrogens is 412 g/mol. The van der Waals surface area contributed by atoms with Crippen LogP contribution in [0.15, 0.2) is 76.0 Å². The van der Waals surface area contributed by atoms with Crippen molar-refractivity contribution in [2.75, 3.05) is 5.73 Å². The first-order chi connectivity index (χ1) is 15.0. The second-order valence-corrected chi connectivity index (χ2v) is 8.09. The summed E-state index contributed by atoms with van der Waals surface area (Å²) in [4.78, 5) is 31.2. The van der Waals surface area contributed by atoms with E-state index in [2.05, 4.69) is 5.27 Å². The van der Waals surface area contributed by atoms with Crippen LogP contribution in [0.1, 0.15) is 20.9 Å². The van der Waals surface area contributed by atoms with Crippen LogP contribution in [0.5, 0.6) is 0 Å². The van der Waals surface area contributed by atoms with Gasteiger partial charge in [0.25, 0.3) is 5.78 Å². The van der Waals surface area contributed by atoms with Gasteiger partial charge in [0, 0.05) is 23.1 Å². The zero-order valence-corrected chi connectivity index (χ0v) is 17.3. The van der Waals surface area contributed by atoms with Gasteiger partial charge in [-0.2, -0.15) is 0 Å². The molecule has 0 atom stereocenters. The van der Waals surface area contributed by atoms with Crippen molar-refractivity contribution in [3.05, 3.63) is 93.3 Å².